The summed E-state index contributed by atoms with van der Waals surface area (Å²) in [5.74, 6) is 1.86. The second-order valence-electron chi connectivity index (χ2n) is 11.7. The summed E-state index contributed by atoms with van der Waals surface area (Å²) in [6, 6.07) is 22.4. The van der Waals surface area contributed by atoms with Crippen molar-refractivity contribution in [2.24, 2.45) is 0 Å². The molecule has 1 N–H and O–H groups in total. The highest BCUT2D eigenvalue weighted by molar-refractivity contribution is 5.69. The number of rotatable bonds is 10. The van der Waals surface area contributed by atoms with E-state index in [0.29, 0.717) is 41.7 Å². The molecule has 13 nitrogen and oxygen atoms in total. The summed E-state index contributed by atoms with van der Waals surface area (Å²) >= 11 is 0. The highest BCUT2D eigenvalue weighted by Crippen LogP contribution is 2.35. The van der Waals surface area contributed by atoms with Crippen molar-refractivity contribution in [2.45, 2.75) is 64.2 Å². The van der Waals surface area contributed by atoms with Gasteiger partial charge in [-0.05, 0) is 48.9 Å². The van der Waals surface area contributed by atoms with Gasteiger partial charge in [0, 0.05) is 19.3 Å². The fourth-order valence-corrected chi connectivity index (χ4v) is 6.03. The Hall–Kier alpha value is -5.69. The van der Waals surface area contributed by atoms with Gasteiger partial charge in [0.15, 0.2) is 24.3 Å². The number of carbonyl (C=O) groups excluding carboxylic acids is 2. The number of oxazole rings is 2. The molecule has 260 valence electrons. The van der Waals surface area contributed by atoms with Gasteiger partial charge >= 0.3 is 12.2 Å². The van der Waals surface area contributed by atoms with Crippen molar-refractivity contribution in [1.29, 1.82) is 0 Å². The lowest BCUT2D eigenvalue weighted by atomic mass is 10.1. The maximum Gasteiger partial charge on any atom is 0.410 e. The Morgan fingerprint density at radius 2 is 1.26 bits per heavy atom. The van der Waals surface area contributed by atoms with Crippen LogP contribution in [0.1, 0.15) is 71.8 Å². The molecule has 2 aliphatic rings. The molecule has 0 saturated carbocycles. The molecule has 5 heterocycles. The van der Waals surface area contributed by atoms with Gasteiger partial charge in [0.2, 0.25) is 0 Å². The Kier molecular flexibility index (Phi) is 11.7. The molecular formula is C37H39N5O8. The van der Waals surface area contributed by atoms with E-state index in [0.717, 1.165) is 36.8 Å². The van der Waals surface area contributed by atoms with E-state index in [1.165, 1.54) is 12.8 Å². The molecule has 5 aromatic rings. The standard InChI is InChI=1S/C21H21N3O4.C16H18N2O4/c25-21(27-13-16-6-2-1-3-7-16)24-11-5-9-19(24)20-18(23-15-28-20)14-26-17-8-4-10-22-12-17;19-9-13-15(22-11-17-13)14-7-4-8-18(14)16(20)21-10-12-5-2-1-3-6-12/h1-4,6-8,10,12,15,19H,5,9,11,13-14H2;1-3,5-6,11,14,19H,4,7-10H2/t19-;14-/m00/s1. The molecule has 2 aliphatic heterocycles. The Morgan fingerprint density at radius 3 is 1.78 bits per heavy atom. The van der Waals surface area contributed by atoms with Crippen LogP contribution < -0.4 is 4.74 Å². The van der Waals surface area contributed by atoms with Crippen LogP contribution in [0.5, 0.6) is 5.75 Å². The van der Waals surface area contributed by atoms with Gasteiger partial charge in [0.05, 0.1) is 24.9 Å². The number of amides is 2. The summed E-state index contributed by atoms with van der Waals surface area (Å²) in [5, 5.41) is 9.29. The molecule has 13 heteroatoms. The van der Waals surface area contributed by atoms with Crippen molar-refractivity contribution in [2.75, 3.05) is 13.1 Å². The molecule has 50 heavy (non-hydrogen) atoms. The first-order chi connectivity index (χ1) is 24.6. The summed E-state index contributed by atoms with van der Waals surface area (Å²) in [4.78, 5) is 40.5. The van der Waals surface area contributed by atoms with Gasteiger partial charge < -0.3 is 28.2 Å². The summed E-state index contributed by atoms with van der Waals surface area (Å²) in [6.07, 6.45) is 8.64. The van der Waals surface area contributed by atoms with Crippen molar-refractivity contribution in [3.05, 3.63) is 132 Å². The van der Waals surface area contributed by atoms with Crippen molar-refractivity contribution in [1.82, 2.24) is 24.8 Å². The largest absolute Gasteiger partial charge is 0.486 e. The van der Waals surface area contributed by atoms with E-state index in [1.807, 2.05) is 66.7 Å². The van der Waals surface area contributed by atoms with Crippen molar-refractivity contribution in [3.63, 3.8) is 0 Å². The minimum Gasteiger partial charge on any atom is -0.486 e. The third-order valence-electron chi connectivity index (χ3n) is 8.50. The molecule has 0 aliphatic carbocycles. The fraction of sp³-hybridized carbons (Fsp3) is 0.324. The van der Waals surface area contributed by atoms with Gasteiger partial charge in [-0.2, -0.15) is 0 Å². The van der Waals surface area contributed by atoms with Crippen molar-refractivity contribution >= 4 is 12.2 Å². The SMILES string of the molecule is O=C(OCc1ccccc1)N1CCC[C@H]1c1ocnc1CO.O=C(OCc1ccccc1)N1CCC[C@H]1c1ocnc1COc1cccnc1. The molecule has 2 atom stereocenters. The van der Waals surface area contributed by atoms with Crippen LogP contribution in [-0.2, 0) is 35.9 Å². The molecule has 2 aromatic carbocycles. The first kappa shape index (κ1) is 34.2. The van der Waals surface area contributed by atoms with Crippen LogP contribution in [-0.4, -0.2) is 55.1 Å². The zero-order valence-corrected chi connectivity index (χ0v) is 27.5. The fourth-order valence-electron chi connectivity index (χ4n) is 6.03. The molecule has 0 unspecified atom stereocenters. The van der Waals surface area contributed by atoms with E-state index in [4.69, 9.17) is 23.0 Å². The van der Waals surface area contributed by atoms with Crippen LogP contribution in [0.25, 0.3) is 0 Å². The molecule has 3 aromatic heterocycles. The number of aliphatic hydroxyl groups is 1. The van der Waals surface area contributed by atoms with Crippen LogP contribution >= 0.6 is 0 Å². The topological polar surface area (TPSA) is 153 Å². The molecule has 0 spiro atoms. The number of ether oxygens (including phenoxy) is 3. The van der Waals surface area contributed by atoms with Gasteiger partial charge in [-0.3, -0.25) is 14.8 Å². The van der Waals surface area contributed by atoms with Gasteiger partial charge in [0.1, 0.15) is 37.0 Å². The minimum atomic E-state index is -0.369. The molecule has 2 saturated heterocycles. The minimum absolute atomic E-state index is 0.196. The van der Waals surface area contributed by atoms with Crippen LogP contribution in [0, 0.1) is 0 Å². The summed E-state index contributed by atoms with van der Waals surface area (Å²) in [6.45, 7) is 1.78. The predicted molar refractivity (Wildman–Crippen MR) is 178 cm³/mol. The van der Waals surface area contributed by atoms with E-state index >= 15 is 0 Å². The Labute approximate surface area is 289 Å². The Balaban J connectivity index is 0.000000178. The number of hydrogen-bond acceptors (Lipinski definition) is 11. The number of carbonyl (C=O) groups is 2. The monoisotopic (exact) mass is 681 g/mol. The summed E-state index contributed by atoms with van der Waals surface area (Å²) in [7, 11) is 0. The zero-order valence-electron chi connectivity index (χ0n) is 27.5. The van der Waals surface area contributed by atoms with Gasteiger partial charge in [-0.1, -0.05) is 60.7 Å². The average molecular weight is 682 g/mol. The van der Waals surface area contributed by atoms with Crippen molar-refractivity contribution in [3.8, 4) is 5.75 Å². The predicted octanol–water partition coefficient (Wildman–Crippen LogP) is 6.76. The van der Waals surface area contributed by atoms with Crippen LogP contribution in [0.4, 0.5) is 9.59 Å². The number of aromatic nitrogens is 3. The highest BCUT2D eigenvalue weighted by atomic mass is 16.6. The second kappa shape index (κ2) is 17.1. The number of pyridine rings is 1. The lowest BCUT2D eigenvalue weighted by Gasteiger charge is -2.23. The van der Waals surface area contributed by atoms with Crippen LogP contribution in [0.3, 0.4) is 0 Å². The normalized spacial score (nSPS) is 16.8. The van der Waals surface area contributed by atoms with E-state index in [1.54, 1.807) is 28.3 Å². The van der Waals surface area contributed by atoms with E-state index in [2.05, 4.69) is 15.0 Å². The second-order valence-corrected chi connectivity index (χ2v) is 11.7. The third kappa shape index (κ3) is 8.66. The zero-order chi connectivity index (χ0) is 34.5. The molecular weight excluding hydrogens is 642 g/mol. The first-order valence-corrected chi connectivity index (χ1v) is 16.5. The number of nitrogens with zero attached hydrogens (tertiary/aromatic N) is 5. The summed E-state index contributed by atoms with van der Waals surface area (Å²) < 4.78 is 27.6. The number of likely N-dealkylation sites (tertiary alicyclic amines) is 2. The first-order valence-electron chi connectivity index (χ1n) is 16.5. The number of hydrogen-bond donors (Lipinski definition) is 1. The summed E-state index contributed by atoms with van der Waals surface area (Å²) in [5.41, 5.74) is 3.06. The Bertz CT molecular complexity index is 1780. The van der Waals surface area contributed by atoms with Crippen LogP contribution in [0.2, 0.25) is 0 Å². The number of benzene rings is 2. The van der Waals surface area contributed by atoms with E-state index in [9.17, 15) is 14.7 Å². The number of aliphatic hydroxyl groups excluding tert-OH is 1. The van der Waals surface area contributed by atoms with Gasteiger partial charge in [-0.15, -0.1) is 0 Å². The lowest BCUT2D eigenvalue weighted by molar-refractivity contribution is 0.0876. The van der Waals surface area contributed by atoms with Gasteiger partial charge in [-0.25, -0.2) is 19.6 Å². The van der Waals surface area contributed by atoms with Crippen molar-refractivity contribution < 1.29 is 37.7 Å². The molecule has 2 amide bonds. The smallest absolute Gasteiger partial charge is 0.410 e. The quantitative estimate of drug-likeness (QED) is 0.166. The molecule has 0 radical (unpaired) electrons. The molecule has 7 rings (SSSR count). The average Bonchev–Trinajstić information content (AvgIpc) is 4.00. The molecule has 0 bridgehead atoms. The molecule has 2 fully saturated rings. The third-order valence-corrected chi connectivity index (χ3v) is 8.50. The van der Waals surface area contributed by atoms with Crippen LogP contribution in [0.15, 0.2) is 107 Å². The van der Waals surface area contributed by atoms with E-state index in [-0.39, 0.29) is 50.7 Å². The maximum atomic E-state index is 12.6. The Morgan fingerprint density at radius 1 is 0.720 bits per heavy atom. The lowest BCUT2D eigenvalue weighted by Crippen LogP contribution is -2.31. The van der Waals surface area contributed by atoms with Gasteiger partial charge in [0.25, 0.3) is 0 Å². The highest BCUT2D eigenvalue weighted by Gasteiger charge is 2.36. The maximum absolute atomic E-state index is 12.6. The van der Waals surface area contributed by atoms with E-state index < -0.39 is 0 Å².